The second-order valence-corrected chi connectivity index (χ2v) is 4.81. The van der Waals surface area contributed by atoms with Crippen LogP contribution in [0.2, 0.25) is 0 Å². The highest BCUT2D eigenvalue weighted by Gasteiger charge is 2.32. The third kappa shape index (κ3) is 2.42. The number of nitriles is 1. The number of aliphatic hydroxyl groups excluding tert-OH is 1. The van der Waals surface area contributed by atoms with Crippen molar-refractivity contribution in [3.63, 3.8) is 0 Å². The van der Waals surface area contributed by atoms with Crippen molar-refractivity contribution >= 4 is 15.9 Å². The van der Waals surface area contributed by atoms with Gasteiger partial charge in [-0.25, -0.2) is 4.39 Å². The summed E-state index contributed by atoms with van der Waals surface area (Å²) in [6.07, 6.45) is -0.479. The summed E-state index contributed by atoms with van der Waals surface area (Å²) < 4.78 is 13.6. The van der Waals surface area contributed by atoms with Gasteiger partial charge >= 0.3 is 0 Å². The molecule has 4 heteroatoms. The normalized spacial score (nSPS) is 16.2. The number of aliphatic hydroxyl groups is 1. The summed E-state index contributed by atoms with van der Waals surface area (Å²) in [6, 6.07) is 6.47. The van der Waals surface area contributed by atoms with Crippen molar-refractivity contribution in [2.75, 3.05) is 0 Å². The van der Waals surface area contributed by atoms with E-state index in [9.17, 15) is 9.50 Å². The molecular formula is C12H13BrFNO. The highest BCUT2D eigenvalue weighted by atomic mass is 79.9. The van der Waals surface area contributed by atoms with Gasteiger partial charge in [0, 0.05) is 0 Å². The topological polar surface area (TPSA) is 44.0 Å². The summed E-state index contributed by atoms with van der Waals surface area (Å²) in [4.78, 5) is 0. The van der Waals surface area contributed by atoms with Crippen LogP contribution in [-0.4, -0.2) is 5.11 Å². The summed E-state index contributed by atoms with van der Waals surface area (Å²) in [5.41, 5.74) is -0.466. The number of hydrogen-bond donors (Lipinski definition) is 1. The predicted molar refractivity (Wildman–Crippen MR) is 63.1 cm³/mol. The average molecular weight is 286 g/mol. The van der Waals surface area contributed by atoms with Crippen LogP contribution in [0.4, 0.5) is 4.39 Å². The lowest BCUT2D eigenvalue weighted by Gasteiger charge is -2.26. The molecule has 0 aliphatic heterocycles. The summed E-state index contributed by atoms with van der Waals surface area (Å²) >= 11 is 3.04. The fraction of sp³-hybridized carbons (Fsp3) is 0.417. The maximum absolute atomic E-state index is 13.3. The molecule has 0 aliphatic carbocycles. The minimum atomic E-state index is -0.981. The van der Waals surface area contributed by atoms with E-state index in [1.807, 2.05) is 6.92 Å². The zero-order valence-corrected chi connectivity index (χ0v) is 10.8. The first-order valence-corrected chi connectivity index (χ1v) is 5.78. The molecule has 1 N–H and O–H groups in total. The Kier molecular flexibility index (Phi) is 4.06. The lowest BCUT2D eigenvalue weighted by Crippen LogP contribution is -2.23. The monoisotopic (exact) mass is 285 g/mol. The molecule has 0 amide bonds. The summed E-state index contributed by atoms with van der Waals surface area (Å²) in [7, 11) is 0. The van der Waals surface area contributed by atoms with Gasteiger partial charge in [0.15, 0.2) is 0 Å². The lowest BCUT2D eigenvalue weighted by molar-refractivity contribution is 0.0719. The van der Waals surface area contributed by atoms with Crippen LogP contribution in [0.25, 0.3) is 0 Å². The molecule has 2 nitrogen and oxygen atoms in total. The van der Waals surface area contributed by atoms with Gasteiger partial charge in [-0.1, -0.05) is 13.0 Å². The Bertz CT molecular complexity index is 430. The van der Waals surface area contributed by atoms with Crippen LogP contribution in [0.15, 0.2) is 22.7 Å². The van der Waals surface area contributed by atoms with E-state index in [1.165, 1.54) is 12.1 Å². The predicted octanol–water partition coefficient (Wildman–Crippen LogP) is 3.56. The summed E-state index contributed by atoms with van der Waals surface area (Å²) in [5, 5.41) is 19.1. The molecule has 2 unspecified atom stereocenters. The van der Waals surface area contributed by atoms with Gasteiger partial charge in [-0.05, 0) is 47.0 Å². The number of hydrogen-bond acceptors (Lipinski definition) is 2. The van der Waals surface area contributed by atoms with Crippen LogP contribution in [-0.2, 0) is 0 Å². The molecule has 0 radical (unpaired) electrons. The fourth-order valence-electron chi connectivity index (χ4n) is 1.38. The molecule has 0 spiro atoms. The zero-order valence-electron chi connectivity index (χ0n) is 9.17. The van der Waals surface area contributed by atoms with Crippen molar-refractivity contribution in [1.82, 2.24) is 0 Å². The molecule has 16 heavy (non-hydrogen) atoms. The Hall–Kier alpha value is -0.920. The first-order chi connectivity index (χ1) is 7.44. The largest absolute Gasteiger partial charge is 0.387 e. The molecule has 1 aromatic carbocycles. The first kappa shape index (κ1) is 13.1. The maximum atomic E-state index is 13.3. The van der Waals surface area contributed by atoms with Gasteiger partial charge < -0.3 is 5.11 Å². The van der Waals surface area contributed by atoms with Gasteiger partial charge in [-0.3, -0.25) is 0 Å². The molecule has 2 atom stereocenters. The molecule has 0 saturated heterocycles. The summed E-state index contributed by atoms with van der Waals surface area (Å²) in [6.45, 7) is 3.49. The second kappa shape index (κ2) is 4.94. The molecule has 0 fully saturated rings. The van der Waals surface area contributed by atoms with Crippen LogP contribution < -0.4 is 0 Å². The van der Waals surface area contributed by atoms with Crippen molar-refractivity contribution in [1.29, 1.82) is 5.26 Å². The second-order valence-electron chi connectivity index (χ2n) is 3.96. The van der Waals surface area contributed by atoms with Gasteiger partial charge in [0.1, 0.15) is 5.82 Å². The highest BCUT2D eigenvalue weighted by Crippen LogP contribution is 2.36. The number of halogens is 2. The Labute approximate surface area is 103 Å². The van der Waals surface area contributed by atoms with Crippen molar-refractivity contribution < 1.29 is 9.50 Å². The SMILES string of the molecule is CCC(C)(C#N)C(O)c1ccc(Br)c(F)c1. The van der Waals surface area contributed by atoms with Crippen LogP contribution in [0.5, 0.6) is 0 Å². The lowest BCUT2D eigenvalue weighted by atomic mass is 9.80. The molecule has 86 valence electrons. The standard InChI is InChI=1S/C12H13BrFNO/c1-3-12(2,7-15)11(16)8-4-5-9(13)10(14)6-8/h4-6,11,16H,3H2,1-2H3. The number of nitrogens with zero attached hydrogens (tertiary/aromatic N) is 1. The van der Waals surface area contributed by atoms with Crippen molar-refractivity contribution in [2.45, 2.75) is 26.4 Å². The van der Waals surface area contributed by atoms with Gasteiger partial charge in [0.05, 0.1) is 22.1 Å². The fourth-order valence-corrected chi connectivity index (χ4v) is 1.63. The highest BCUT2D eigenvalue weighted by molar-refractivity contribution is 9.10. The molecule has 1 aromatic rings. The van der Waals surface area contributed by atoms with Crippen LogP contribution in [0.3, 0.4) is 0 Å². The van der Waals surface area contributed by atoms with Crippen LogP contribution >= 0.6 is 15.9 Å². The van der Waals surface area contributed by atoms with Crippen molar-refractivity contribution in [2.24, 2.45) is 5.41 Å². The van der Waals surface area contributed by atoms with Crippen LogP contribution in [0.1, 0.15) is 31.9 Å². The van der Waals surface area contributed by atoms with Gasteiger partial charge in [-0.15, -0.1) is 0 Å². The molecule has 0 aromatic heterocycles. The Balaban J connectivity index is 3.10. The minimum absolute atomic E-state index is 0.346. The molecule has 0 heterocycles. The zero-order chi connectivity index (χ0) is 12.3. The van der Waals surface area contributed by atoms with Crippen molar-refractivity contribution in [3.8, 4) is 6.07 Å². The Morgan fingerprint density at radius 2 is 2.25 bits per heavy atom. The number of rotatable bonds is 3. The molecule has 0 bridgehead atoms. The van der Waals surface area contributed by atoms with Crippen molar-refractivity contribution in [3.05, 3.63) is 34.1 Å². The van der Waals surface area contributed by atoms with E-state index in [1.54, 1.807) is 13.0 Å². The van der Waals surface area contributed by atoms with Gasteiger partial charge in [-0.2, -0.15) is 5.26 Å². The Morgan fingerprint density at radius 1 is 1.62 bits per heavy atom. The summed E-state index contributed by atoms with van der Waals surface area (Å²) in [5.74, 6) is -0.437. The van der Waals surface area contributed by atoms with E-state index in [4.69, 9.17) is 5.26 Å². The minimum Gasteiger partial charge on any atom is -0.387 e. The Morgan fingerprint density at radius 3 is 2.69 bits per heavy atom. The maximum Gasteiger partial charge on any atom is 0.137 e. The van der Waals surface area contributed by atoms with Crippen LogP contribution in [0, 0.1) is 22.6 Å². The van der Waals surface area contributed by atoms with E-state index in [2.05, 4.69) is 22.0 Å². The third-order valence-electron chi connectivity index (χ3n) is 2.85. The third-order valence-corrected chi connectivity index (χ3v) is 3.50. The van der Waals surface area contributed by atoms with E-state index in [-0.39, 0.29) is 0 Å². The smallest absolute Gasteiger partial charge is 0.137 e. The van der Waals surface area contributed by atoms with Gasteiger partial charge in [0.25, 0.3) is 0 Å². The molecule has 0 saturated carbocycles. The molecular weight excluding hydrogens is 273 g/mol. The number of benzene rings is 1. The van der Waals surface area contributed by atoms with E-state index < -0.39 is 17.3 Å². The quantitative estimate of drug-likeness (QED) is 0.923. The van der Waals surface area contributed by atoms with Gasteiger partial charge in [0.2, 0.25) is 0 Å². The van der Waals surface area contributed by atoms with E-state index in [0.717, 1.165) is 0 Å². The molecule has 1 rings (SSSR count). The van der Waals surface area contributed by atoms with E-state index >= 15 is 0 Å². The van der Waals surface area contributed by atoms with E-state index in [0.29, 0.717) is 16.5 Å². The first-order valence-electron chi connectivity index (χ1n) is 4.99. The average Bonchev–Trinajstić information content (AvgIpc) is 2.30. The molecule has 0 aliphatic rings.